The number of aromatic nitrogens is 1. The van der Waals surface area contributed by atoms with E-state index >= 15 is 0 Å². The van der Waals surface area contributed by atoms with Gasteiger partial charge >= 0.3 is 6.03 Å². The third-order valence-electron chi connectivity index (χ3n) is 5.31. The number of aryl methyl sites for hydroxylation is 1. The van der Waals surface area contributed by atoms with Crippen molar-refractivity contribution in [3.8, 4) is 0 Å². The lowest BCUT2D eigenvalue weighted by molar-refractivity contribution is 0.197. The lowest BCUT2D eigenvalue weighted by atomic mass is 9.87. The Balaban J connectivity index is 1.74. The first-order valence-electron chi connectivity index (χ1n) is 9.18. The molecule has 8 heteroatoms. The lowest BCUT2D eigenvalue weighted by Crippen LogP contribution is -2.37. The molecule has 0 spiro atoms. The van der Waals surface area contributed by atoms with E-state index in [0.29, 0.717) is 35.2 Å². The fourth-order valence-electron chi connectivity index (χ4n) is 3.86. The van der Waals surface area contributed by atoms with Crippen molar-refractivity contribution in [2.75, 3.05) is 12.4 Å². The van der Waals surface area contributed by atoms with Gasteiger partial charge in [0.25, 0.3) is 5.56 Å². The van der Waals surface area contributed by atoms with Crippen molar-refractivity contribution in [3.63, 3.8) is 0 Å². The van der Waals surface area contributed by atoms with Gasteiger partial charge in [0.1, 0.15) is 5.82 Å². The second-order valence-electron chi connectivity index (χ2n) is 7.11. The topological polar surface area (TPSA) is 65.2 Å². The molecule has 0 bridgehead atoms. The zero-order valence-corrected chi connectivity index (χ0v) is 15.6. The maximum Gasteiger partial charge on any atom is 0.322 e. The number of rotatable bonds is 2. The van der Waals surface area contributed by atoms with E-state index in [1.165, 1.54) is 29.2 Å². The molecular weight excluding hydrogens is 383 g/mol. The normalized spacial score (nSPS) is 15.8. The van der Waals surface area contributed by atoms with Gasteiger partial charge < -0.3 is 15.2 Å². The summed E-state index contributed by atoms with van der Waals surface area (Å²) in [5, 5.41) is 3.03. The summed E-state index contributed by atoms with van der Waals surface area (Å²) in [7, 11) is 1.59. The van der Waals surface area contributed by atoms with E-state index in [4.69, 9.17) is 0 Å². The van der Waals surface area contributed by atoms with Crippen LogP contribution >= 0.6 is 0 Å². The molecule has 2 N–H and O–H groups in total. The number of nitrogens with one attached hydrogen (secondary N) is 2. The van der Waals surface area contributed by atoms with Crippen molar-refractivity contribution >= 4 is 22.5 Å². The highest BCUT2D eigenvalue weighted by Crippen LogP contribution is 2.37. The van der Waals surface area contributed by atoms with Crippen LogP contribution in [0.5, 0.6) is 0 Å². The van der Waals surface area contributed by atoms with Gasteiger partial charge in [-0.2, -0.15) is 0 Å². The number of H-pyrrole nitrogens is 1. The van der Waals surface area contributed by atoms with Gasteiger partial charge in [-0.15, -0.1) is 0 Å². The highest BCUT2D eigenvalue weighted by atomic mass is 19.2. The Hall–Kier alpha value is -3.29. The maximum atomic E-state index is 13.9. The van der Waals surface area contributed by atoms with Crippen LogP contribution in [-0.2, 0) is 6.42 Å². The van der Waals surface area contributed by atoms with Crippen LogP contribution in [0.1, 0.15) is 30.1 Å². The number of carbonyl (C=O) groups excluding carboxylic acids is 1. The monoisotopic (exact) mass is 401 g/mol. The minimum Gasteiger partial charge on any atom is -0.325 e. The van der Waals surface area contributed by atoms with Crippen molar-refractivity contribution in [2.24, 2.45) is 0 Å². The summed E-state index contributed by atoms with van der Waals surface area (Å²) in [5.74, 6) is -2.56. The summed E-state index contributed by atoms with van der Waals surface area (Å²) < 4.78 is 40.7. The van der Waals surface area contributed by atoms with Crippen molar-refractivity contribution in [1.82, 2.24) is 9.88 Å². The Kier molecular flexibility index (Phi) is 4.77. The number of carbonyl (C=O) groups is 1. The molecule has 2 amide bonds. The summed E-state index contributed by atoms with van der Waals surface area (Å²) in [5.41, 5.74) is 1.17. The molecule has 1 atom stereocenters. The van der Waals surface area contributed by atoms with E-state index in [0.717, 1.165) is 18.6 Å². The Labute approximate surface area is 164 Å². The number of nitrogens with zero attached hydrogens (tertiary/aromatic N) is 1. The van der Waals surface area contributed by atoms with E-state index in [1.807, 2.05) is 0 Å². The van der Waals surface area contributed by atoms with E-state index < -0.39 is 35.1 Å². The molecule has 29 heavy (non-hydrogen) atoms. The quantitative estimate of drug-likeness (QED) is 0.665. The summed E-state index contributed by atoms with van der Waals surface area (Å²) in [6.07, 6.45) is 1.89. The fourth-order valence-corrected chi connectivity index (χ4v) is 3.86. The number of aromatic amines is 1. The summed E-state index contributed by atoms with van der Waals surface area (Å²) >= 11 is 0. The first-order chi connectivity index (χ1) is 13.8. The SMILES string of the molecule is CN(C(=O)Nc1ccc(F)cc1)[C@H]1CCCc2[nH]c(=O)c3cc(F)c(F)cc3c21. The number of benzene rings is 2. The number of fused-ring (bicyclic) bond motifs is 3. The van der Waals surface area contributed by atoms with Crippen LogP contribution in [0.3, 0.4) is 0 Å². The highest BCUT2D eigenvalue weighted by Gasteiger charge is 2.30. The molecule has 0 saturated heterocycles. The first kappa shape index (κ1) is 19.0. The molecule has 3 aromatic rings. The molecule has 0 aliphatic heterocycles. The summed E-state index contributed by atoms with van der Waals surface area (Å²) in [6.45, 7) is 0. The highest BCUT2D eigenvalue weighted by molar-refractivity contribution is 5.91. The van der Waals surface area contributed by atoms with Gasteiger partial charge in [0.2, 0.25) is 0 Å². The van der Waals surface area contributed by atoms with Gasteiger partial charge in [0.05, 0.1) is 11.4 Å². The molecule has 2 aromatic carbocycles. The Morgan fingerprint density at radius 3 is 2.45 bits per heavy atom. The van der Waals surface area contributed by atoms with Crippen molar-refractivity contribution in [2.45, 2.75) is 25.3 Å². The van der Waals surface area contributed by atoms with Crippen molar-refractivity contribution < 1.29 is 18.0 Å². The number of hydrogen-bond donors (Lipinski definition) is 2. The standard InChI is InChI=1S/C21H18F3N3O2/c1-27(21(29)25-12-7-5-11(22)6-8-12)18-4-2-3-17-19(18)13-9-15(23)16(24)10-14(13)20(28)26-17/h5-10,18H,2-4H2,1H3,(H,25,29)(H,26,28)/t18-/m0/s1. The number of pyridine rings is 1. The second-order valence-corrected chi connectivity index (χ2v) is 7.11. The van der Waals surface area contributed by atoms with E-state index in [-0.39, 0.29) is 5.39 Å². The third-order valence-corrected chi connectivity index (χ3v) is 5.31. The zero-order chi connectivity index (χ0) is 20.7. The molecule has 1 heterocycles. The lowest BCUT2D eigenvalue weighted by Gasteiger charge is -2.34. The predicted octanol–water partition coefficient (Wildman–Crippen LogP) is 4.49. The van der Waals surface area contributed by atoms with E-state index in [9.17, 15) is 22.8 Å². The fraction of sp³-hybridized carbons (Fsp3) is 0.238. The molecule has 1 aliphatic rings. The smallest absolute Gasteiger partial charge is 0.322 e. The number of anilines is 1. The van der Waals surface area contributed by atoms with E-state index in [1.54, 1.807) is 7.05 Å². The molecule has 1 aromatic heterocycles. The number of halogens is 3. The van der Waals surface area contributed by atoms with Crippen LogP contribution in [-0.4, -0.2) is 23.0 Å². The molecule has 0 radical (unpaired) electrons. The van der Waals surface area contributed by atoms with Crippen molar-refractivity contribution in [1.29, 1.82) is 0 Å². The Morgan fingerprint density at radius 1 is 1.10 bits per heavy atom. The molecule has 1 aliphatic carbocycles. The van der Waals surface area contributed by atoms with Gasteiger partial charge in [0.15, 0.2) is 11.6 Å². The molecule has 0 fully saturated rings. The van der Waals surface area contributed by atoms with Crippen LogP contribution in [0.4, 0.5) is 23.7 Å². The number of amides is 2. The number of hydrogen-bond acceptors (Lipinski definition) is 2. The van der Waals surface area contributed by atoms with Crippen LogP contribution in [0.15, 0.2) is 41.2 Å². The zero-order valence-electron chi connectivity index (χ0n) is 15.6. The molecule has 4 rings (SSSR count). The molecule has 0 unspecified atom stereocenters. The van der Waals surface area contributed by atoms with Crippen LogP contribution in [0, 0.1) is 17.5 Å². The Morgan fingerprint density at radius 2 is 1.76 bits per heavy atom. The number of urea groups is 1. The average Bonchev–Trinajstić information content (AvgIpc) is 2.70. The van der Waals surface area contributed by atoms with Crippen molar-refractivity contribution in [3.05, 3.63) is 75.5 Å². The average molecular weight is 401 g/mol. The van der Waals surface area contributed by atoms with Crippen LogP contribution in [0.2, 0.25) is 0 Å². The Bertz CT molecular complexity index is 1160. The minimum absolute atomic E-state index is 0.0434. The van der Waals surface area contributed by atoms with Crippen LogP contribution < -0.4 is 10.9 Å². The summed E-state index contributed by atoms with van der Waals surface area (Å²) in [4.78, 5) is 29.3. The second kappa shape index (κ2) is 7.27. The van der Waals surface area contributed by atoms with Gasteiger partial charge in [0, 0.05) is 24.0 Å². The predicted molar refractivity (Wildman–Crippen MR) is 103 cm³/mol. The summed E-state index contributed by atoms with van der Waals surface area (Å²) in [6, 6.07) is 6.39. The largest absolute Gasteiger partial charge is 0.325 e. The third kappa shape index (κ3) is 3.46. The molecule has 0 saturated carbocycles. The van der Waals surface area contributed by atoms with E-state index in [2.05, 4.69) is 10.3 Å². The van der Waals surface area contributed by atoms with Gasteiger partial charge in [-0.05, 0) is 61.0 Å². The van der Waals surface area contributed by atoms with Gasteiger partial charge in [-0.1, -0.05) is 0 Å². The molecular formula is C21H18F3N3O2. The van der Waals surface area contributed by atoms with Gasteiger partial charge in [-0.3, -0.25) is 4.79 Å². The molecule has 150 valence electrons. The minimum atomic E-state index is -1.10. The maximum absolute atomic E-state index is 13.9. The first-order valence-corrected chi connectivity index (χ1v) is 9.18. The van der Waals surface area contributed by atoms with Gasteiger partial charge in [-0.25, -0.2) is 18.0 Å². The molecule has 5 nitrogen and oxygen atoms in total. The van der Waals surface area contributed by atoms with Crippen LogP contribution in [0.25, 0.3) is 10.8 Å².